The van der Waals surface area contributed by atoms with Crippen molar-refractivity contribution in [2.45, 2.75) is 33.6 Å². The summed E-state index contributed by atoms with van der Waals surface area (Å²) in [7, 11) is 0. The summed E-state index contributed by atoms with van der Waals surface area (Å²) in [4.78, 5) is 16.5. The Balaban J connectivity index is 2.54. The maximum Gasteiger partial charge on any atom is 0.174 e. The second kappa shape index (κ2) is 4.51. The average Bonchev–Trinajstić information content (AvgIpc) is 2.47. The van der Waals surface area contributed by atoms with Gasteiger partial charge in [0.1, 0.15) is 0 Å². The number of thiazole rings is 1. The number of hydrogen-bond donors (Lipinski definition) is 0. The number of aryl methyl sites for hydroxylation is 1. The van der Waals surface area contributed by atoms with Crippen molar-refractivity contribution in [3.05, 3.63) is 16.1 Å². The average molecular weight is 197 g/mol. The molecule has 0 aromatic carbocycles. The Morgan fingerprint density at radius 1 is 1.62 bits per heavy atom. The van der Waals surface area contributed by atoms with Gasteiger partial charge in [-0.25, -0.2) is 4.98 Å². The van der Waals surface area contributed by atoms with Gasteiger partial charge in [0.05, 0.1) is 16.1 Å². The van der Waals surface area contributed by atoms with E-state index in [9.17, 15) is 4.79 Å². The van der Waals surface area contributed by atoms with Crippen LogP contribution in [0.1, 0.15) is 42.1 Å². The largest absolute Gasteiger partial charge is 0.293 e. The Hall–Kier alpha value is -0.700. The summed E-state index contributed by atoms with van der Waals surface area (Å²) in [5.74, 6) is 0.839. The standard InChI is InChI=1S/C10H15NOS/c1-7(2)4-5-9(12)10-8(3)11-6-13-10/h6-7H,4-5H2,1-3H3. The highest BCUT2D eigenvalue weighted by Gasteiger charge is 2.11. The number of carbonyl (C=O) groups is 1. The quantitative estimate of drug-likeness (QED) is 0.694. The summed E-state index contributed by atoms with van der Waals surface area (Å²) in [5, 5.41) is 0. The van der Waals surface area contributed by atoms with Gasteiger partial charge in [-0.15, -0.1) is 11.3 Å². The molecule has 0 saturated carbocycles. The highest BCUT2D eigenvalue weighted by molar-refractivity contribution is 7.11. The normalized spacial score (nSPS) is 10.8. The van der Waals surface area contributed by atoms with E-state index in [0.29, 0.717) is 12.3 Å². The predicted octanol–water partition coefficient (Wildman–Crippen LogP) is 3.07. The Morgan fingerprint density at radius 2 is 2.31 bits per heavy atom. The molecule has 0 bridgehead atoms. The van der Waals surface area contributed by atoms with Crippen molar-refractivity contribution in [1.29, 1.82) is 0 Å². The van der Waals surface area contributed by atoms with E-state index in [2.05, 4.69) is 18.8 Å². The van der Waals surface area contributed by atoms with Crippen LogP contribution in [0.5, 0.6) is 0 Å². The molecule has 0 spiro atoms. The molecule has 1 aromatic heterocycles. The number of Topliss-reactive ketones (excluding diaryl/α,β-unsaturated/α-hetero) is 1. The molecule has 0 aliphatic heterocycles. The fourth-order valence-corrected chi connectivity index (χ4v) is 1.88. The van der Waals surface area contributed by atoms with Crippen molar-refractivity contribution < 1.29 is 4.79 Å². The highest BCUT2D eigenvalue weighted by Crippen LogP contribution is 2.16. The van der Waals surface area contributed by atoms with Gasteiger partial charge in [-0.1, -0.05) is 13.8 Å². The smallest absolute Gasteiger partial charge is 0.174 e. The lowest BCUT2D eigenvalue weighted by atomic mass is 10.0. The number of rotatable bonds is 4. The van der Waals surface area contributed by atoms with E-state index >= 15 is 0 Å². The van der Waals surface area contributed by atoms with Gasteiger partial charge in [-0.3, -0.25) is 4.79 Å². The molecular formula is C10H15NOS. The van der Waals surface area contributed by atoms with Crippen LogP contribution in [0.25, 0.3) is 0 Å². The Labute approximate surface area is 83.0 Å². The van der Waals surface area contributed by atoms with Crippen molar-refractivity contribution >= 4 is 17.1 Å². The van der Waals surface area contributed by atoms with Gasteiger partial charge in [0.2, 0.25) is 0 Å². The van der Waals surface area contributed by atoms with Gasteiger partial charge in [0.15, 0.2) is 5.78 Å². The van der Waals surface area contributed by atoms with Crippen LogP contribution in [0.4, 0.5) is 0 Å². The van der Waals surface area contributed by atoms with E-state index in [1.807, 2.05) is 6.92 Å². The van der Waals surface area contributed by atoms with Gasteiger partial charge in [-0.2, -0.15) is 0 Å². The first-order valence-corrected chi connectivity index (χ1v) is 5.42. The molecular weight excluding hydrogens is 182 g/mol. The molecule has 0 aliphatic rings. The molecule has 0 atom stereocenters. The van der Waals surface area contributed by atoms with Crippen molar-refractivity contribution in [2.75, 3.05) is 0 Å². The molecule has 2 nitrogen and oxygen atoms in total. The van der Waals surface area contributed by atoms with Crippen LogP contribution in [0.15, 0.2) is 5.51 Å². The van der Waals surface area contributed by atoms with Crippen LogP contribution < -0.4 is 0 Å². The van der Waals surface area contributed by atoms with Crippen LogP contribution in [-0.4, -0.2) is 10.8 Å². The summed E-state index contributed by atoms with van der Waals surface area (Å²) in [6, 6.07) is 0. The van der Waals surface area contributed by atoms with E-state index in [1.54, 1.807) is 5.51 Å². The first-order chi connectivity index (χ1) is 6.11. The molecule has 72 valence electrons. The molecule has 1 rings (SSSR count). The second-order valence-electron chi connectivity index (χ2n) is 3.62. The molecule has 3 heteroatoms. The van der Waals surface area contributed by atoms with Crippen LogP contribution in [0, 0.1) is 12.8 Å². The monoisotopic (exact) mass is 197 g/mol. The molecule has 1 heterocycles. The molecule has 0 aliphatic carbocycles. The molecule has 0 amide bonds. The zero-order valence-corrected chi connectivity index (χ0v) is 9.15. The fourth-order valence-electron chi connectivity index (χ4n) is 1.10. The lowest BCUT2D eigenvalue weighted by Gasteiger charge is -2.02. The Morgan fingerprint density at radius 3 is 2.77 bits per heavy atom. The summed E-state index contributed by atoms with van der Waals surface area (Å²) < 4.78 is 0. The zero-order chi connectivity index (χ0) is 9.84. The van der Waals surface area contributed by atoms with Gasteiger partial charge in [-0.05, 0) is 19.3 Å². The highest BCUT2D eigenvalue weighted by atomic mass is 32.1. The maximum atomic E-state index is 11.6. The molecule has 0 saturated heterocycles. The topological polar surface area (TPSA) is 30.0 Å². The predicted molar refractivity (Wildman–Crippen MR) is 55.3 cm³/mol. The van der Waals surface area contributed by atoms with Crippen LogP contribution in [0.2, 0.25) is 0 Å². The van der Waals surface area contributed by atoms with Gasteiger partial charge in [0, 0.05) is 6.42 Å². The van der Waals surface area contributed by atoms with Gasteiger partial charge < -0.3 is 0 Å². The lowest BCUT2D eigenvalue weighted by molar-refractivity contribution is 0.0978. The van der Waals surface area contributed by atoms with Crippen LogP contribution >= 0.6 is 11.3 Å². The number of carbonyl (C=O) groups excluding carboxylic acids is 1. The zero-order valence-electron chi connectivity index (χ0n) is 8.33. The van der Waals surface area contributed by atoms with Gasteiger partial charge >= 0.3 is 0 Å². The minimum absolute atomic E-state index is 0.244. The van der Waals surface area contributed by atoms with E-state index in [4.69, 9.17) is 0 Å². The van der Waals surface area contributed by atoms with Crippen molar-refractivity contribution in [1.82, 2.24) is 4.98 Å². The number of aromatic nitrogens is 1. The molecule has 1 aromatic rings. The number of nitrogens with zero attached hydrogens (tertiary/aromatic N) is 1. The van der Waals surface area contributed by atoms with E-state index in [0.717, 1.165) is 17.0 Å². The third-order valence-electron chi connectivity index (χ3n) is 1.95. The number of hydrogen-bond acceptors (Lipinski definition) is 3. The van der Waals surface area contributed by atoms with Crippen molar-refractivity contribution in [2.24, 2.45) is 5.92 Å². The third kappa shape index (κ3) is 2.92. The molecule has 0 fully saturated rings. The molecule has 0 radical (unpaired) electrons. The minimum Gasteiger partial charge on any atom is -0.293 e. The number of ketones is 1. The Bertz CT molecular complexity index is 291. The van der Waals surface area contributed by atoms with E-state index in [1.165, 1.54) is 11.3 Å². The first kappa shape index (κ1) is 10.4. The van der Waals surface area contributed by atoms with Gasteiger partial charge in [0.25, 0.3) is 0 Å². The summed E-state index contributed by atoms with van der Waals surface area (Å²) in [6.45, 7) is 6.15. The van der Waals surface area contributed by atoms with E-state index < -0.39 is 0 Å². The summed E-state index contributed by atoms with van der Waals surface area (Å²) in [6.07, 6.45) is 1.62. The van der Waals surface area contributed by atoms with E-state index in [-0.39, 0.29) is 5.78 Å². The summed E-state index contributed by atoms with van der Waals surface area (Å²) >= 11 is 1.45. The lowest BCUT2D eigenvalue weighted by Crippen LogP contribution is -2.00. The molecule has 13 heavy (non-hydrogen) atoms. The molecule has 0 unspecified atom stereocenters. The van der Waals surface area contributed by atoms with Crippen LogP contribution in [-0.2, 0) is 0 Å². The fraction of sp³-hybridized carbons (Fsp3) is 0.600. The SMILES string of the molecule is Cc1ncsc1C(=O)CCC(C)C. The first-order valence-electron chi connectivity index (χ1n) is 4.54. The summed E-state index contributed by atoms with van der Waals surface area (Å²) in [5.41, 5.74) is 2.61. The minimum atomic E-state index is 0.244. The molecule has 0 N–H and O–H groups in total. The van der Waals surface area contributed by atoms with Crippen LogP contribution in [0.3, 0.4) is 0 Å². The Kier molecular flexibility index (Phi) is 3.60. The van der Waals surface area contributed by atoms with Crippen molar-refractivity contribution in [3.63, 3.8) is 0 Å². The second-order valence-corrected chi connectivity index (χ2v) is 4.48. The van der Waals surface area contributed by atoms with Crippen molar-refractivity contribution in [3.8, 4) is 0 Å². The maximum absolute atomic E-state index is 11.6. The third-order valence-corrected chi connectivity index (χ3v) is 2.92.